The SMILES string of the molecule is CCC(C)C12O[C@@H]3[C@@]4(O)[C@@H](OC(=O)c5ccccc5)[C@]5(C)C[C@@]4(O)[C@@](C)([C@H]5[C@@H](OC(C)=O)C(=O)OC)[C@]4(CC[C@]5(C)C(=CC(=O)O[C@H]5c5ccoc5)[C@@]34O1)O2. The maximum absolute atomic E-state index is 14.1. The maximum atomic E-state index is 14.1. The van der Waals surface area contributed by atoms with E-state index in [0.717, 1.165) is 14.0 Å². The molecule has 3 aliphatic heterocycles. The summed E-state index contributed by atoms with van der Waals surface area (Å²) in [6, 6.07) is 9.90. The van der Waals surface area contributed by atoms with Gasteiger partial charge in [-0.15, -0.1) is 0 Å². The number of carbonyl (C=O) groups is 4. The van der Waals surface area contributed by atoms with Crippen molar-refractivity contribution < 1.29 is 67.0 Å². The normalized spacial score (nSPS) is 46.5. The van der Waals surface area contributed by atoms with Crippen LogP contribution < -0.4 is 0 Å². The Kier molecular flexibility index (Phi) is 7.35. The molecule has 14 heteroatoms. The molecule has 7 aliphatic rings. The van der Waals surface area contributed by atoms with Gasteiger partial charge in [-0.1, -0.05) is 52.8 Å². The molecule has 4 bridgehead atoms. The van der Waals surface area contributed by atoms with Gasteiger partial charge in [-0.2, -0.15) is 0 Å². The van der Waals surface area contributed by atoms with E-state index >= 15 is 0 Å². The summed E-state index contributed by atoms with van der Waals surface area (Å²) in [5.74, 6) is -6.76. The second-order valence-corrected chi connectivity index (χ2v) is 17.3. The molecule has 4 heterocycles. The minimum absolute atomic E-state index is 0.148. The van der Waals surface area contributed by atoms with E-state index in [9.17, 15) is 29.4 Å². The molecule has 2 unspecified atom stereocenters. The first-order valence-electron chi connectivity index (χ1n) is 18.9. The summed E-state index contributed by atoms with van der Waals surface area (Å²) in [4.78, 5) is 54.9. The Hall–Kier alpha value is -4.08. The molecule has 4 saturated carbocycles. The Morgan fingerprint density at radius 1 is 1.04 bits per heavy atom. The highest BCUT2D eigenvalue weighted by atomic mass is 17.0. The van der Waals surface area contributed by atoms with Gasteiger partial charge in [0, 0.05) is 46.6 Å². The molecule has 55 heavy (non-hydrogen) atoms. The van der Waals surface area contributed by atoms with Crippen molar-refractivity contribution in [2.75, 3.05) is 7.11 Å². The molecule has 2 aromatic rings. The van der Waals surface area contributed by atoms with Gasteiger partial charge >= 0.3 is 23.9 Å². The van der Waals surface area contributed by atoms with E-state index in [1.807, 2.05) is 20.8 Å². The summed E-state index contributed by atoms with van der Waals surface area (Å²) in [5.41, 5.74) is -11.3. The molecule has 2 saturated heterocycles. The number of ether oxygens (including phenoxy) is 7. The van der Waals surface area contributed by atoms with Crippen molar-refractivity contribution in [3.63, 3.8) is 0 Å². The molecule has 1 aromatic heterocycles. The van der Waals surface area contributed by atoms with Crippen LogP contribution in [0.3, 0.4) is 0 Å². The van der Waals surface area contributed by atoms with Crippen molar-refractivity contribution in [2.45, 2.75) is 120 Å². The van der Waals surface area contributed by atoms with Crippen LogP contribution in [0.4, 0.5) is 0 Å². The van der Waals surface area contributed by atoms with Crippen LogP contribution in [0.5, 0.6) is 0 Å². The van der Waals surface area contributed by atoms with Gasteiger partial charge in [0.1, 0.15) is 29.5 Å². The molecular weight excluding hydrogens is 716 g/mol. The molecule has 1 aromatic carbocycles. The van der Waals surface area contributed by atoms with E-state index in [2.05, 4.69) is 0 Å². The molecule has 6 fully saturated rings. The smallest absolute Gasteiger partial charge is 0.347 e. The van der Waals surface area contributed by atoms with Gasteiger partial charge in [0.25, 0.3) is 5.97 Å². The van der Waals surface area contributed by atoms with Crippen LogP contribution in [-0.2, 0) is 47.5 Å². The highest BCUT2D eigenvalue weighted by Gasteiger charge is 3.03. The fraction of sp³-hybridized carbons (Fsp3) is 0.610. The van der Waals surface area contributed by atoms with Gasteiger partial charge in [-0.25, -0.2) is 14.4 Å². The fourth-order valence-corrected chi connectivity index (χ4v) is 12.8. The molecule has 294 valence electrons. The number of benzene rings is 1. The zero-order chi connectivity index (χ0) is 39.4. The molecule has 2 N–H and O–H groups in total. The number of furan rings is 1. The number of hydrogen-bond donors (Lipinski definition) is 2. The van der Waals surface area contributed by atoms with Crippen molar-refractivity contribution in [1.82, 2.24) is 0 Å². The lowest BCUT2D eigenvalue weighted by Crippen LogP contribution is -2.92. The lowest BCUT2D eigenvalue weighted by Gasteiger charge is -2.75. The Morgan fingerprint density at radius 3 is 2.40 bits per heavy atom. The third-order valence-corrected chi connectivity index (χ3v) is 15.0. The van der Waals surface area contributed by atoms with Crippen LogP contribution in [0.1, 0.15) is 89.3 Å². The van der Waals surface area contributed by atoms with E-state index in [0.29, 0.717) is 24.0 Å². The second-order valence-electron chi connectivity index (χ2n) is 17.3. The Bertz CT molecular complexity index is 2030. The molecule has 14 atom stereocenters. The molecule has 9 rings (SSSR count). The summed E-state index contributed by atoms with van der Waals surface area (Å²) >= 11 is 0. The van der Waals surface area contributed by atoms with Crippen LogP contribution in [0.2, 0.25) is 0 Å². The topological polar surface area (TPSA) is 186 Å². The standard InChI is InChI=1S/C41H46O14/c1-8-21(2)41-53-33-39(47)32(52-30(44)23-12-10-9-11-13-23)35(5)20-37(39,46)36(6,28(35)27(31(45)48-7)50-22(3)42)38(54-41)16-15-34(4)25(40(33,38)55-41)18-26(43)51-29(34)24-14-17-49-19-24/h9-14,17-19,21,27-29,32-33,46-47H,8,15-16,20H2,1-7H3/t21?,27-,28+,29+,32+,33-,34-,35-,36-,37-,38+,39+,40-,41?/m1/s1. The molecule has 1 spiro atoms. The number of aliphatic hydroxyl groups is 2. The molecule has 4 aliphatic carbocycles. The number of hydrogen-bond acceptors (Lipinski definition) is 14. The first kappa shape index (κ1) is 36.6. The van der Waals surface area contributed by atoms with Crippen LogP contribution in [-0.4, -0.2) is 87.9 Å². The van der Waals surface area contributed by atoms with Gasteiger partial charge in [0.05, 0.1) is 25.2 Å². The highest BCUT2D eigenvalue weighted by Crippen LogP contribution is 2.88. The first-order valence-corrected chi connectivity index (χ1v) is 18.9. The Morgan fingerprint density at radius 2 is 1.76 bits per heavy atom. The summed E-state index contributed by atoms with van der Waals surface area (Å²) < 4.78 is 50.5. The highest BCUT2D eigenvalue weighted by molar-refractivity contribution is 5.90. The number of methoxy groups -OCH3 is 1. The van der Waals surface area contributed by atoms with Gasteiger partial charge in [-0.05, 0) is 49.5 Å². The zero-order valence-corrected chi connectivity index (χ0v) is 31.8. The minimum atomic E-state index is -2.47. The van der Waals surface area contributed by atoms with Crippen LogP contribution in [0.15, 0.2) is 65.0 Å². The van der Waals surface area contributed by atoms with Crippen molar-refractivity contribution in [3.8, 4) is 0 Å². The molecule has 0 amide bonds. The van der Waals surface area contributed by atoms with Crippen LogP contribution in [0, 0.1) is 28.1 Å². The third kappa shape index (κ3) is 3.83. The van der Waals surface area contributed by atoms with Gasteiger partial charge in [-0.3, -0.25) is 4.79 Å². The number of rotatable bonds is 8. The molecular formula is C41H46O14. The summed E-state index contributed by atoms with van der Waals surface area (Å²) in [6.45, 7) is 10.3. The first-order chi connectivity index (χ1) is 25.9. The maximum Gasteiger partial charge on any atom is 0.347 e. The third-order valence-electron chi connectivity index (χ3n) is 15.0. The predicted molar refractivity (Wildman–Crippen MR) is 185 cm³/mol. The van der Waals surface area contributed by atoms with Crippen molar-refractivity contribution in [2.24, 2.45) is 28.1 Å². The van der Waals surface area contributed by atoms with Crippen LogP contribution in [0.25, 0.3) is 0 Å². The van der Waals surface area contributed by atoms with Gasteiger partial charge < -0.3 is 47.8 Å². The monoisotopic (exact) mass is 762 g/mol. The predicted octanol–water partition coefficient (Wildman–Crippen LogP) is 4.08. The van der Waals surface area contributed by atoms with E-state index in [-0.39, 0.29) is 18.4 Å². The average Bonchev–Trinajstić information content (AvgIpc) is 3.95. The number of esters is 4. The largest absolute Gasteiger partial charge is 0.472 e. The second kappa shape index (κ2) is 11.1. The van der Waals surface area contributed by atoms with E-state index in [1.165, 1.54) is 18.6 Å². The van der Waals surface area contributed by atoms with Crippen molar-refractivity contribution in [1.29, 1.82) is 0 Å². The average molecular weight is 763 g/mol. The number of carbonyl (C=O) groups excluding carboxylic acids is 4. The quantitative estimate of drug-likeness (QED) is 0.289. The van der Waals surface area contributed by atoms with Crippen molar-refractivity contribution >= 4 is 23.9 Å². The Balaban J connectivity index is 1.36. The summed E-state index contributed by atoms with van der Waals surface area (Å²) in [7, 11) is 1.16. The molecule has 0 radical (unpaired) electrons. The van der Waals surface area contributed by atoms with Gasteiger partial charge in [0.15, 0.2) is 11.2 Å². The van der Waals surface area contributed by atoms with E-state index < -0.39 is 105 Å². The number of cyclic esters (lactones) is 1. The Labute approximate surface area is 317 Å². The fourth-order valence-electron chi connectivity index (χ4n) is 12.8. The van der Waals surface area contributed by atoms with Gasteiger partial charge in [0.2, 0.25) is 6.10 Å². The van der Waals surface area contributed by atoms with Crippen molar-refractivity contribution in [3.05, 3.63) is 71.7 Å². The zero-order valence-electron chi connectivity index (χ0n) is 31.8. The van der Waals surface area contributed by atoms with Crippen LogP contribution >= 0.6 is 0 Å². The lowest BCUT2D eigenvalue weighted by atomic mass is 9.34. The molecule has 14 nitrogen and oxygen atoms in total. The lowest BCUT2D eigenvalue weighted by molar-refractivity contribution is -0.457. The summed E-state index contributed by atoms with van der Waals surface area (Å²) in [5, 5.41) is 27.5. The van der Waals surface area contributed by atoms with E-state index in [4.69, 9.17) is 37.6 Å². The minimum Gasteiger partial charge on any atom is -0.472 e. The van der Waals surface area contributed by atoms with E-state index in [1.54, 1.807) is 50.2 Å². The summed E-state index contributed by atoms with van der Waals surface area (Å²) in [6.07, 6.45) is -0.559. The number of fused-ring (bicyclic) bond motifs is 4.